The van der Waals surface area contributed by atoms with Gasteiger partial charge in [-0.1, -0.05) is 43.2 Å². The quantitative estimate of drug-likeness (QED) is 0.249. The predicted molar refractivity (Wildman–Crippen MR) is 112 cm³/mol. The van der Waals surface area contributed by atoms with Crippen LogP contribution in [0.25, 0.3) is 0 Å². The van der Waals surface area contributed by atoms with E-state index in [4.69, 9.17) is 0 Å². The van der Waals surface area contributed by atoms with Gasteiger partial charge in [0.05, 0.1) is 13.1 Å². The Balaban J connectivity index is 0.00000676. The van der Waals surface area contributed by atoms with Crippen molar-refractivity contribution in [3.63, 3.8) is 0 Å². The number of unbranched alkanes of at least 4 members (excludes halogenated alkanes) is 1. The third-order valence-electron chi connectivity index (χ3n) is 3.61. The average molecular weight is 500 g/mol. The van der Waals surface area contributed by atoms with E-state index in [9.17, 15) is 18.0 Å². The van der Waals surface area contributed by atoms with Gasteiger partial charge in [-0.2, -0.15) is 13.2 Å². The maximum atomic E-state index is 12.4. The first-order valence-corrected chi connectivity index (χ1v) is 8.59. The molecule has 0 saturated heterocycles. The second-order valence-corrected chi connectivity index (χ2v) is 6.15. The summed E-state index contributed by atoms with van der Waals surface area (Å²) in [6.45, 7) is 3.60. The Morgan fingerprint density at radius 1 is 1.19 bits per heavy atom. The van der Waals surface area contributed by atoms with Crippen molar-refractivity contribution < 1.29 is 18.0 Å². The Morgan fingerprint density at radius 2 is 1.81 bits per heavy atom. The van der Waals surface area contributed by atoms with Gasteiger partial charge < -0.3 is 15.5 Å². The van der Waals surface area contributed by atoms with Crippen LogP contribution in [0.1, 0.15) is 30.9 Å². The molecule has 0 unspecified atom stereocenters. The minimum Gasteiger partial charge on any atom is -0.356 e. The number of alkyl halides is 3. The first-order valence-electron chi connectivity index (χ1n) is 8.59. The highest BCUT2D eigenvalue weighted by molar-refractivity contribution is 14.0. The van der Waals surface area contributed by atoms with Crippen LogP contribution in [0.4, 0.5) is 13.2 Å². The van der Waals surface area contributed by atoms with Crippen molar-refractivity contribution in [1.29, 1.82) is 0 Å². The molecule has 0 atom stereocenters. The van der Waals surface area contributed by atoms with Gasteiger partial charge in [-0.05, 0) is 18.9 Å². The van der Waals surface area contributed by atoms with E-state index in [1.807, 2.05) is 38.1 Å². The zero-order chi connectivity index (χ0) is 19.6. The number of hydrogen-bond acceptors (Lipinski definition) is 2. The molecule has 2 N–H and O–H groups in total. The van der Waals surface area contributed by atoms with Gasteiger partial charge >= 0.3 is 6.18 Å². The van der Waals surface area contributed by atoms with E-state index in [0.717, 1.165) is 31.0 Å². The minimum absolute atomic E-state index is 0. The molecule has 1 amide bonds. The molecule has 0 aliphatic rings. The highest BCUT2D eigenvalue weighted by atomic mass is 127. The third-order valence-corrected chi connectivity index (χ3v) is 3.61. The summed E-state index contributed by atoms with van der Waals surface area (Å²) < 4.78 is 37.1. The van der Waals surface area contributed by atoms with Gasteiger partial charge in [-0.3, -0.25) is 4.79 Å². The van der Waals surface area contributed by atoms with Crippen molar-refractivity contribution in [3.05, 3.63) is 35.4 Å². The number of nitrogens with one attached hydrogen (secondary N) is 2. The fraction of sp³-hybridized carbons (Fsp3) is 0.556. The largest absolute Gasteiger partial charge is 0.406 e. The molecule has 0 bridgehead atoms. The SMILES string of the molecule is CCCCNC(=NCc1ccc(C)cc1)NCC(=O)N(C)CC(F)(F)F.I. The van der Waals surface area contributed by atoms with Crippen LogP contribution >= 0.6 is 24.0 Å². The van der Waals surface area contributed by atoms with Crippen molar-refractivity contribution in [2.75, 3.05) is 26.7 Å². The molecule has 0 radical (unpaired) electrons. The van der Waals surface area contributed by atoms with E-state index in [-0.39, 0.29) is 30.5 Å². The van der Waals surface area contributed by atoms with Crippen LogP contribution in [0.3, 0.4) is 0 Å². The van der Waals surface area contributed by atoms with E-state index in [2.05, 4.69) is 15.6 Å². The summed E-state index contributed by atoms with van der Waals surface area (Å²) in [6, 6.07) is 7.89. The number of aliphatic imine (C=N–C) groups is 1. The molecule has 154 valence electrons. The standard InChI is InChI=1S/C18H27F3N4O.HI/c1-4-5-10-22-17(23-11-15-8-6-14(2)7-9-15)24-12-16(26)25(3)13-18(19,20)21;/h6-9H,4-5,10-13H2,1-3H3,(H2,22,23,24);1H. The van der Waals surface area contributed by atoms with Gasteiger partial charge in [-0.15, -0.1) is 24.0 Å². The van der Waals surface area contributed by atoms with E-state index in [1.54, 1.807) is 0 Å². The van der Waals surface area contributed by atoms with Crippen molar-refractivity contribution in [2.24, 2.45) is 4.99 Å². The number of benzene rings is 1. The summed E-state index contributed by atoms with van der Waals surface area (Å²) in [5.41, 5.74) is 2.16. The predicted octanol–water partition coefficient (Wildman–Crippen LogP) is 3.47. The lowest BCUT2D eigenvalue weighted by atomic mass is 10.1. The first kappa shape index (κ1) is 25.5. The van der Waals surface area contributed by atoms with E-state index in [0.29, 0.717) is 23.9 Å². The Labute approximate surface area is 175 Å². The number of amides is 1. The molecule has 1 aromatic carbocycles. The fourth-order valence-electron chi connectivity index (χ4n) is 2.07. The minimum atomic E-state index is -4.41. The number of carbonyl (C=O) groups excluding carboxylic acids is 1. The summed E-state index contributed by atoms with van der Waals surface area (Å²) in [5, 5.41) is 5.90. The van der Waals surface area contributed by atoms with Gasteiger partial charge in [0.25, 0.3) is 0 Å². The molecule has 0 aliphatic heterocycles. The molecule has 0 fully saturated rings. The van der Waals surface area contributed by atoms with Gasteiger partial charge in [0, 0.05) is 13.6 Å². The molecular formula is C18H28F3IN4O. The lowest BCUT2D eigenvalue weighted by Gasteiger charge is -2.20. The first-order chi connectivity index (χ1) is 12.2. The van der Waals surface area contributed by atoms with Crippen molar-refractivity contribution in [3.8, 4) is 0 Å². The molecule has 0 saturated carbocycles. The maximum Gasteiger partial charge on any atom is 0.406 e. The van der Waals surface area contributed by atoms with Crippen LogP contribution in [0.15, 0.2) is 29.3 Å². The van der Waals surface area contributed by atoms with Crippen LogP contribution < -0.4 is 10.6 Å². The number of carbonyl (C=O) groups is 1. The molecule has 1 rings (SSSR count). The van der Waals surface area contributed by atoms with Gasteiger partial charge in [0.1, 0.15) is 6.54 Å². The number of aryl methyl sites for hydroxylation is 1. The Hall–Kier alpha value is -1.52. The molecule has 0 heterocycles. The molecule has 9 heteroatoms. The summed E-state index contributed by atoms with van der Waals surface area (Å²) in [7, 11) is 1.13. The molecule has 0 aliphatic carbocycles. The number of nitrogens with zero attached hydrogens (tertiary/aromatic N) is 2. The highest BCUT2D eigenvalue weighted by Crippen LogP contribution is 2.15. The normalized spacial score (nSPS) is 11.6. The smallest absolute Gasteiger partial charge is 0.356 e. The zero-order valence-corrected chi connectivity index (χ0v) is 18.2. The monoisotopic (exact) mass is 500 g/mol. The Bertz CT molecular complexity index is 591. The van der Waals surface area contributed by atoms with Crippen LogP contribution in [-0.2, 0) is 11.3 Å². The van der Waals surface area contributed by atoms with Crippen LogP contribution in [0, 0.1) is 6.92 Å². The Kier molecular flexibility index (Phi) is 12.1. The lowest BCUT2D eigenvalue weighted by Crippen LogP contribution is -2.45. The fourth-order valence-corrected chi connectivity index (χ4v) is 2.07. The third kappa shape index (κ3) is 11.7. The van der Waals surface area contributed by atoms with Crippen molar-refractivity contribution >= 4 is 35.8 Å². The number of halogens is 4. The molecule has 1 aromatic rings. The van der Waals surface area contributed by atoms with E-state index < -0.39 is 18.6 Å². The van der Waals surface area contributed by atoms with E-state index in [1.165, 1.54) is 0 Å². The number of hydrogen-bond donors (Lipinski definition) is 2. The molecular weight excluding hydrogens is 472 g/mol. The molecule has 0 aromatic heterocycles. The second kappa shape index (κ2) is 12.8. The molecule has 0 spiro atoms. The van der Waals surface area contributed by atoms with E-state index >= 15 is 0 Å². The highest BCUT2D eigenvalue weighted by Gasteiger charge is 2.31. The van der Waals surface area contributed by atoms with Crippen LogP contribution in [0.2, 0.25) is 0 Å². The van der Waals surface area contributed by atoms with Gasteiger partial charge in [0.15, 0.2) is 5.96 Å². The summed E-state index contributed by atoms with van der Waals surface area (Å²) in [6.07, 6.45) is -2.50. The number of likely N-dealkylation sites (N-methyl/N-ethyl adjacent to an activating group) is 1. The topological polar surface area (TPSA) is 56.7 Å². The summed E-state index contributed by atoms with van der Waals surface area (Å²) in [4.78, 5) is 16.9. The molecule has 27 heavy (non-hydrogen) atoms. The summed E-state index contributed by atoms with van der Waals surface area (Å²) in [5.74, 6) is -0.240. The zero-order valence-electron chi connectivity index (χ0n) is 15.9. The average Bonchev–Trinajstić information content (AvgIpc) is 2.56. The lowest BCUT2D eigenvalue weighted by molar-refractivity contribution is -0.157. The Morgan fingerprint density at radius 3 is 2.37 bits per heavy atom. The van der Waals surface area contributed by atoms with Crippen LogP contribution in [0.5, 0.6) is 0 Å². The van der Waals surface area contributed by atoms with Crippen molar-refractivity contribution in [2.45, 2.75) is 39.4 Å². The summed E-state index contributed by atoms with van der Waals surface area (Å²) >= 11 is 0. The second-order valence-electron chi connectivity index (χ2n) is 6.15. The molecule has 5 nitrogen and oxygen atoms in total. The number of rotatable bonds is 8. The van der Waals surface area contributed by atoms with Gasteiger partial charge in [-0.25, -0.2) is 4.99 Å². The van der Waals surface area contributed by atoms with Gasteiger partial charge in [0.2, 0.25) is 5.91 Å². The van der Waals surface area contributed by atoms with Crippen LogP contribution in [-0.4, -0.2) is 49.6 Å². The van der Waals surface area contributed by atoms with Crippen molar-refractivity contribution in [1.82, 2.24) is 15.5 Å². The maximum absolute atomic E-state index is 12.4. The number of guanidine groups is 1.